The first kappa shape index (κ1) is 16.7. The van der Waals surface area contributed by atoms with E-state index in [4.69, 9.17) is 0 Å². The number of aromatic nitrogens is 4. The number of rotatable bonds is 2. The Hall–Kier alpha value is -2.49. The van der Waals surface area contributed by atoms with Crippen molar-refractivity contribution in [3.8, 4) is 0 Å². The van der Waals surface area contributed by atoms with Crippen molar-refractivity contribution in [2.75, 3.05) is 36.0 Å². The molecule has 0 amide bonds. The van der Waals surface area contributed by atoms with E-state index in [0.717, 1.165) is 34.5 Å². The molecule has 2 atom stereocenters. The molecule has 10 heteroatoms. The van der Waals surface area contributed by atoms with Crippen LogP contribution >= 0.6 is 11.3 Å². The summed E-state index contributed by atoms with van der Waals surface area (Å²) in [4.78, 5) is 20.7. The second-order valence-corrected chi connectivity index (χ2v) is 7.92. The SMILES string of the molecule is FC(F)(F)c1ccnc(N2CC3CN(c4nc5cnccc5s4)CC3C2)n1. The number of fused-ring (bicyclic) bond motifs is 2. The van der Waals surface area contributed by atoms with E-state index in [-0.39, 0.29) is 5.95 Å². The molecule has 2 aliphatic rings. The van der Waals surface area contributed by atoms with Crippen LogP contribution in [0.4, 0.5) is 24.3 Å². The first-order valence-electron chi connectivity index (χ1n) is 8.58. The number of halogens is 3. The predicted molar refractivity (Wildman–Crippen MR) is 95.9 cm³/mol. The molecule has 0 aromatic carbocycles. The molecular formula is C17H15F3N6S. The van der Waals surface area contributed by atoms with Crippen molar-refractivity contribution in [3.05, 3.63) is 36.4 Å². The lowest BCUT2D eigenvalue weighted by molar-refractivity contribution is -0.141. The highest BCUT2D eigenvalue weighted by Crippen LogP contribution is 2.38. The van der Waals surface area contributed by atoms with Crippen molar-refractivity contribution in [2.24, 2.45) is 11.8 Å². The van der Waals surface area contributed by atoms with Crippen LogP contribution in [0.25, 0.3) is 10.2 Å². The zero-order valence-corrected chi connectivity index (χ0v) is 14.9. The van der Waals surface area contributed by atoms with Gasteiger partial charge in [0, 0.05) is 50.4 Å². The molecule has 140 valence electrons. The van der Waals surface area contributed by atoms with Crippen LogP contribution in [0.1, 0.15) is 5.69 Å². The van der Waals surface area contributed by atoms with E-state index in [1.807, 2.05) is 11.0 Å². The molecule has 27 heavy (non-hydrogen) atoms. The second-order valence-electron chi connectivity index (χ2n) is 6.91. The van der Waals surface area contributed by atoms with Crippen LogP contribution in [0.3, 0.4) is 0 Å². The first-order valence-corrected chi connectivity index (χ1v) is 9.40. The average Bonchev–Trinajstić information content (AvgIpc) is 3.33. The normalized spacial score (nSPS) is 22.6. The van der Waals surface area contributed by atoms with Gasteiger partial charge in [-0.25, -0.2) is 15.0 Å². The van der Waals surface area contributed by atoms with Gasteiger partial charge in [-0.1, -0.05) is 11.3 Å². The van der Waals surface area contributed by atoms with E-state index in [1.165, 1.54) is 6.20 Å². The van der Waals surface area contributed by atoms with Gasteiger partial charge >= 0.3 is 6.18 Å². The van der Waals surface area contributed by atoms with Crippen LogP contribution in [0.5, 0.6) is 0 Å². The van der Waals surface area contributed by atoms with Gasteiger partial charge in [-0.3, -0.25) is 4.98 Å². The third kappa shape index (κ3) is 2.97. The molecule has 5 rings (SSSR count). The number of nitrogens with zero attached hydrogens (tertiary/aromatic N) is 6. The molecular weight excluding hydrogens is 377 g/mol. The maximum absolute atomic E-state index is 12.9. The van der Waals surface area contributed by atoms with Crippen LogP contribution in [-0.2, 0) is 6.18 Å². The maximum atomic E-state index is 12.9. The molecule has 6 nitrogen and oxygen atoms in total. The Morgan fingerprint density at radius 3 is 2.41 bits per heavy atom. The fourth-order valence-corrected chi connectivity index (χ4v) is 4.83. The quantitative estimate of drug-likeness (QED) is 0.668. The molecule has 3 aromatic rings. The van der Waals surface area contributed by atoms with Crippen molar-refractivity contribution < 1.29 is 13.2 Å². The molecule has 2 saturated heterocycles. The number of thiazole rings is 1. The lowest BCUT2D eigenvalue weighted by atomic mass is 10.0. The predicted octanol–water partition coefficient (Wildman–Crippen LogP) is 3.07. The Labute approximate surface area is 156 Å². The van der Waals surface area contributed by atoms with Gasteiger partial charge in [0.25, 0.3) is 0 Å². The smallest absolute Gasteiger partial charge is 0.347 e. The number of anilines is 2. The molecule has 3 aromatic heterocycles. The Kier molecular flexibility index (Phi) is 3.71. The van der Waals surface area contributed by atoms with Gasteiger partial charge in [0.2, 0.25) is 5.95 Å². The summed E-state index contributed by atoms with van der Waals surface area (Å²) in [6.45, 7) is 3.00. The van der Waals surface area contributed by atoms with Crippen molar-refractivity contribution in [3.63, 3.8) is 0 Å². The van der Waals surface area contributed by atoms with E-state index in [0.29, 0.717) is 24.9 Å². The summed E-state index contributed by atoms with van der Waals surface area (Å²) < 4.78 is 39.8. The summed E-state index contributed by atoms with van der Waals surface area (Å²) in [5.74, 6) is 0.901. The molecule has 0 saturated carbocycles. The van der Waals surface area contributed by atoms with Crippen LogP contribution in [0, 0.1) is 11.8 Å². The lowest BCUT2D eigenvalue weighted by Crippen LogP contribution is -2.30. The van der Waals surface area contributed by atoms with Crippen LogP contribution in [0.2, 0.25) is 0 Å². The standard InChI is InChI=1S/C17H15F3N6S/c18-17(19,20)14-2-4-22-15(24-14)25-6-10-8-26(9-11(10)7-25)16-23-12-5-21-3-1-13(12)27-16/h1-5,10-11H,6-9H2. The largest absolute Gasteiger partial charge is 0.433 e. The fraction of sp³-hybridized carbons (Fsp3) is 0.412. The summed E-state index contributed by atoms with van der Waals surface area (Å²) in [6.07, 6.45) is 0.251. The Balaban J connectivity index is 1.31. The van der Waals surface area contributed by atoms with Crippen LogP contribution in [0.15, 0.2) is 30.7 Å². The minimum absolute atomic E-state index is 0.164. The highest BCUT2D eigenvalue weighted by molar-refractivity contribution is 7.22. The minimum atomic E-state index is -4.45. The zero-order valence-electron chi connectivity index (χ0n) is 14.1. The zero-order chi connectivity index (χ0) is 18.6. The van der Waals surface area contributed by atoms with Crippen molar-refractivity contribution in [1.82, 2.24) is 19.9 Å². The highest BCUT2D eigenvalue weighted by atomic mass is 32.1. The van der Waals surface area contributed by atoms with E-state index < -0.39 is 11.9 Å². The highest BCUT2D eigenvalue weighted by Gasteiger charge is 2.42. The fourth-order valence-electron chi connectivity index (χ4n) is 3.87. The first-order chi connectivity index (χ1) is 13.0. The molecule has 2 aliphatic heterocycles. The molecule has 0 aliphatic carbocycles. The summed E-state index contributed by atoms with van der Waals surface area (Å²) in [7, 11) is 0. The number of alkyl halides is 3. The summed E-state index contributed by atoms with van der Waals surface area (Å²) >= 11 is 1.65. The third-order valence-electron chi connectivity index (χ3n) is 5.15. The Morgan fingerprint density at radius 2 is 1.70 bits per heavy atom. The monoisotopic (exact) mass is 392 g/mol. The van der Waals surface area contributed by atoms with Crippen molar-refractivity contribution in [2.45, 2.75) is 6.18 Å². The Morgan fingerprint density at radius 1 is 0.963 bits per heavy atom. The number of hydrogen-bond donors (Lipinski definition) is 0. The van der Waals surface area contributed by atoms with Gasteiger partial charge in [0.1, 0.15) is 11.2 Å². The number of hydrogen-bond acceptors (Lipinski definition) is 7. The van der Waals surface area contributed by atoms with E-state index in [9.17, 15) is 13.2 Å². The van der Waals surface area contributed by atoms with Gasteiger partial charge in [-0.2, -0.15) is 13.2 Å². The average molecular weight is 392 g/mol. The van der Waals surface area contributed by atoms with Gasteiger partial charge in [-0.05, 0) is 12.1 Å². The molecule has 0 bridgehead atoms. The summed E-state index contributed by atoms with van der Waals surface area (Å²) in [5.41, 5.74) is 0.00261. The molecule has 5 heterocycles. The van der Waals surface area contributed by atoms with Crippen LogP contribution in [-0.4, -0.2) is 46.1 Å². The summed E-state index contributed by atoms with van der Waals surface area (Å²) in [5, 5.41) is 0.981. The van der Waals surface area contributed by atoms with Gasteiger partial charge in [0.05, 0.1) is 10.9 Å². The molecule has 2 fully saturated rings. The lowest BCUT2D eigenvalue weighted by Gasteiger charge is -2.21. The maximum Gasteiger partial charge on any atom is 0.433 e. The second kappa shape index (κ2) is 6.01. The van der Waals surface area contributed by atoms with Crippen molar-refractivity contribution in [1.29, 1.82) is 0 Å². The van der Waals surface area contributed by atoms with Crippen molar-refractivity contribution >= 4 is 32.6 Å². The molecule has 2 unspecified atom stereocenters. The molecule has 0 spiro atoms. The molecule has 0 N–H and O–H groups in total. The summed E-state index contributed by atoms with van der Waals surface area (Å²) in [6, 6.07) is 2.87. The van der Waals surface area contributed by atoms with Gasteiger partial charge in [0.15, 0.2) is 5.13 Å². The third-order valence-corrected chi connectivity index (χ3v) is 6.25. The van der Waals surface area contributed by atoms with E-state index in [2.05, 4.69) is 24.8 Å². The van der Waals surface area contributed by atoms with E-state index in [1.54, 1.807) is 23.7 Å². The van der Waals surface area contributed by atoms with Gasteiger partial charge in [-0.15, -0.1) is 0 Å². The Bertz CT molecular complexity index is 943. The minimum Gasteiger partial charge on any atom is -0.347 e. The topological polar surface area (TPSA) is 58.0 Å². The molecule has 0 radical (unpaired) electrons. The van der Waals surface area contributed by atoms with E-state index >= 15 is 0 Å². The van der Waals surface area contributed by atoms with Crippen LogP contribution < -0.4 is 9.80 Å². The van der Waals surface area contributed by atoms with Gasteiger partial charge < -0.3 is 9.80 Å². The number of pyridine rings is 1.